The van der Waals surface area contributed by atoms with Crippen LogP contribution >= 0.6 is 11.3 Å². The monoisotopic (exact) mass is 515 g/mol. The molecule has 0 unspecified atom stereocenters. The van der Waals surface area contributed by atoms with Crippen LogP contribution in [0.15, 0.2) is 72.8 Å². The van der Waals surface area contributed by atoms with E-state index in [1.807, 2.05) is 30.3 Å². The van der Waals surface area contributed by atoms with Crippen molar-refractivity contribution in [3.8, 4) is 17.0 Å². The maximum Gasteiger partial charge on any atom is 0.322 e. The Hall–Kier alpha value is -3.95. The van der Waals surface area contributed by atoms with E-state index in [2.05, 4.69) is 32.8 Å². The number of hydrogen-bond acceptors (Lipinski definition) is 5. The van der Waals surface area contributed by atoms with Crippen molar-refractivity contribution in [2.45, 2.75) is 6.54 Å². The van der Waals surface area contributed by atoms with Gasteiger partial charge in [0.25, 0.3) is 0 Å². The third-order valence-electron chi connectivity index (χ3n) is 6.75. The van der Waals surface area contributed by atoms with Gasteiger partial charge in [-0.2, -0.15) is 0 Å². The molecule has 37 heavy (non-hydrogen) atoms. The Morgan fingerprint density at radius 1 is 1.03 bits per heavy atom. The van der Waals surface area contributed by atoms with Gasteiger partial charge >= 0.3 is 6.03 Å². The first-order valence-electron chi connectivity index (χ1n) is 12.2. The topological polar surface area (TPSA) is 62.1 Å². The van der Waals surface area contributed by atoms with Gasteiger partial charge < -0.3 is 15.0 Å². The van der Waals surface area contributed by atoms with Crippen LogP contribution in [0.5, 0.6) is 5.75 Å². The number of aromatic nitrogens is 2. The molecule has 0 aliphatic carbocycles. The molecule has 2 amide bonds. The zero-order valence-electron chi connectivity index (χ0n) is 20.4. The van der Waals surface area contributed by atoms with Crippen LogP contribution in [0.4, 0.5) is 14.9 Å². The highest BCUT2D eigenvalue weighted by molar-refractivity contribution is 7.23. The Morgan fingerprint density at radius 3 is 2.54 bits per heavy atom. The molecule has 9 heteroatoms. The highest BCUT2D eigenvalue weighted by Crippen LogP contribution is 2.35. The van der Waals surface area contributed by atoms with E-state index in [0.717, 1.165) is 37.9 Å². The lowest BCUT2D eigenvalue weighted by molar-refractivity contribution is 0.142. The molecule has 6 rings (SSSR count). The summed E-state index contributed by atoms with van der Waals surface area (Å²) in [5, 5.41) is 2.69. The van der Waals surface area contributed by atoms with Crippen LogP contribution in [0.25, 0.3) is 26.4 Å². The predicted octanol–water partition coefficient (Wildman–Crippen LogP) is 5.71. The number of carbonyl (C=O) groups excluding carboxylic acids is 1. The van der Waals surface area contributed by atoms with Gasteiger partial charge in [0.2, 0.25) is 0 Å². The van der Waals surface area contributed by atoms with Gasteiger partial charge in [-0.05, 0) is 30.3 Å². The molecule has 1 N–H and O–H groups in total. The van der Waals surface area contributed by atoms with Crippen molar-refractivity contribution in [2.75, 3.05) is 38.6 Å². The zero-order chi connectivity index (χ0) is 25.4. The number of halogens is 1. The third-order valence-corrected chi connectivity index (χ3v) is 7.75. The predicted molar refractivity (Wildman–Crippen MR) is 145 cm³/mol. The molecule has 1 aliphatic rings. The average Bonchev–Trinajstić information content (AvgIpc) is 3.46. The molecule has 0 saturated carbocycles. The summed E-state index contributed by atoms with van der Waals surface area (Å²) in [5.41, 5.74) is 4.49. The number of fused-ring (bicyclic) bond motifs is 3. The number of rotatable bonds is 5. The van der Waals surface area contributed by atoms with Gasteiger partial charge in [-0.3, -0.25) is 9.30 Å². The van der Waals surface area contributed by atoms with E-state index in [-0.39, 0.29) is 11.7 Å². The quantitative estimate of drug-likeness (QED) is 0.326. The van der Waals surface area contributed by atoms with Crippen molar-refractivity contribution < 1.29 is 13.9 Å². The van der Waals surface area contributed by atoms with Gasteiger partial charge in [0, 0.05) is 38.3 Å². The molecular formula is C28H26FN5O2S. The van der Waals surface area contributed by atoms with Crippen LogP contribution in [0.3, 0.4) is 0 Å². The molecule has 2 aromatic heterocycles. The second-order valence-electron chi connectivity index (χ2n) is 9.00. The molecule has 0 radical (unpaired) electrons. The van der Waals surface area contributed by atoms with E-state index < -0.39 is 5.82 Å². The van der Waals surface area contributed by atoms with Crippen molar-refractivity contribution >= 4 is 38.2 Å². The number of carbonyl (C=O) groups is 1. The summed E-state index contributed by atoms with van der Waals surface area (Å²) in [6.45, 7) is 3.24. The number of nitrogens with one attached hydrogen (secondary N) is 1. The lowest BCUT2D eigenvalue weighted by Crippen LogP contribution is -2.49. The number of piperazine rings is 1. The van der Waals surface area contributed by atoms with E-state index in [9.17, 15) is 9.18 Å². The molecular weight excluding hydrogens is 489 g/mol. The Balaban J connectivity index is 1.25. The summed E-state index contributed by atoms with van der Waals surface area (Å²) < 4.78 is 22.8. The molecule has 1 fully saturated rings. The molecule has 3 aromatic carbocycles. The van der Waals surface area contributed by atoms with E-state index in [0.29, 0.717) is 32.7 Å². The minimum atomic E-state index is -0.437. The van der Waals surface area contributed by atoms with Crippen LogP contribution in [0.2, 0.25) is 0 Å². The van der Waals surface area contributed by atoms with Gasteiger partial charge in [0.05, 0.1) is 34.4 Å². The van der Waals surface area contributed by atoms with E-state index >= 15 is 0 Å². The Labute approximate surface area is 217 Å². The summed E-state index contributed by atoms with van der Waals surface area (Å²) in [6, 6.07) is 22.3. The Morgan fingerprint density at radius 2 is 1.78 bits per heavy atom. The fraction of sp³-hybridized carbons (Fsp3) is 0.214. The fourth-order valence-electron chi connectivity index (χ4n) is 4.79. The van der Waals surface area contributed by atoms with E-state index in [1.54, 1.807) is 41.5 Å². The second kappa shape index (κ2) is 9.84. The number of urea groups is 1. The second-order valence-corrected chi connectivity index (χ2v) is 10.0. The number of amides is 2. The summed E-state index contributed by atoms with van der Waals surface area (Å²) in [4.78, 5) is 22.8. The maximum atomic E-state index is 14.0. The summed E-state index contributed by atoms with van der Waals surface area (Å²) in [6.07, 6.45) is 0. The lowest BCUT2D eigenvalue weighted by atomic mass is 10.1. The number of hydrogen-bond donors (Lipinski definition) is 1. The minimum absolute atomic E-state index is 0.199. The first-order chi connectivity index (χ1) is 18.1. The van der Waals surface area contributed by atoms with Gasteiger partial charge in [-0.25, -0.2) is 14.2 Å². The van der Waals surface area contributed by atoms with Gasteiger partial charge in [-0.1, -0.05) is 53.8 Å². The standard InChI is InChI=1S/C28H26FN5O2S/c1-36-20-11-12-23-25(17-20)37-28-31-26(19-7-3-2-4-8-19)24(34(23)28)18-32-13-15-33(16-14-32)27(35)30-22-10-6-5-9-21(22)29/h2-12,17H,13-16,18H2,1H3,(H,30,35). The number of imidazole rings is 1. The SMILES string of the molecule is COc1ccc2c(c1)sc1nc(-c3ccccc3)c(CN3CCN(C(=O)Nc4ccccc4F)CC3)n12. The van der Waals surface area contributed by atoms with Crippen molar-refractivity contribution in [1.29, 1.82) is 0 Å². The van der Waals surface area contributed by atoms with Crippen LogP contribution in [-0.2, 0) is 6.54 Å². The molecule has 5 aromatic rings. The Bertz CT molecular complexity index is 1570. The van der Waals surface area contributed by atoms with Crippen LogP contribution < -0.4 is 10.1 Å². The van der Waals surface area contributed by atoms with Crippen LogP contribution in [-0.4, -0.2) is 58.5 Å². The van der Waals surface area contributed by atoms with E-state index in [1.165, 1.54) is 6.07 Å². The van der Waals surface area contributed by atoms with Crippen molar-refractivity contribution in [2.24, 2.45) is 0 Å². The molecule has 0 atom stereocenters. The maximum absolute atomic E-state index is 14.0. The largest absolute Gasteiger partial charge is 0.497 e. The fourth-order valence-corrected chi connectivity index (χ4v) is 5.86. The van der Waals surface area contributed by atoms with Crippen LogP contribution in [0.1, 0.15) is 5.69 Å². The number of anilines is 1. The first kappa shape index (κ1) is 23.4. The summed E-state index contributed by atoms with van der Waals surface area (Å²) in [7, 11) is 1.68. The van der Waals surface area contributed by atoms with E-state index in [4.69, 9.17) is 9.72 Å². The first-order valence-corrected chi connectivity index (χ1v) is 13.0. The summed E-state index contributed by atoms with van der Waals surface area (Å²) >= 11 is 1.65. The molecule has 1 saturated heterocycles. The molecule has 188 valence electrons. The highest BCUT2D eigenvalue weighted by atomic mass is 32.1. The number of para-hydroxylation sites is 1. The molecule has 7 nitrogen and oxygen atoms in total. The number of thiazole rings is 1. The van der Waals surface area contributed by atoms with Gasteiger partial charge in [0.1, 0.15) is 11.6 Å². The molecule has 0 bridgehead atoms. The summed E-state index contributed by atoms with van der Waals surface area (Å²) in [5.74, 6) is 0.389. The number of ether oxygens (including phenoxy) is 1. The van der Waals surface area contributed by atoms with Gasteiger partial charge in [0.15, 0.2) is 4.96 Å². The zero-order valence-corrected chi connectivity index (χ0v) is 21.2. The number of nitrogens with zero attached hydrogens (tertiary/aromatic N) is 4. The van der Waals surface area contributed by atoms with Crippen LogP contribution in [0, 0.1) is 5.82 Å². The molecule has 0 spiro atoms. The average molecular weight is 516 g/mol. The smallest absolute Gasteiger partial charge is 0.322 e. The minimum Gasteiger partial charge on any atom is -0.497 e. The molecule has 3 heterocycles. The third kappa shape index (κ3) is 4.52. The normalized spacial score (nSPS) is 14.4. The highest BCUT2D eigenvalue weighted by Gasteiger charge is 2.25. The van der Waals surface area contributed by atoms with Crippen molar-refractivity contribution in [3.05, 3.63) is 84.3 Å². The molecule has 1 aliphatic heterocycles. The Kier molecular flexibility index (Phi) is 6.23. The lowest BCUT2D eigenvalue weighted by Gasteiger charge is -2.34. The number of benzene rings is 3. The van der Waals surface area contributed by atoms with Crippen molar-refractivity contribution in [1.82, 2.24) is 19.2 Å². The van der Waals surface area contributed by atoms with Crippen molar-refractivity contribution in [3.63, 3.8) is 0 Å². The van der Waals surface area contributed by atoms with Gasteiger partial charge in [-0.15, -0.1) is 0 Å². The number of methoxy groups -OCH3 is 1.